The number of rotatable bonds is 7. The van der Waals surface area contributed by atoms with Crippen molar-refractivity contribution in [1.29, 1.82) is 0 Å². The number of nitrogens with one attached hydrogen (secondary N) is 1. The van der Waals surface area contributed by atoms with Crippen LogP contribution in [0.3, 0.4) is 0 Å². The summed E-state index contributed by atoms with van der Waals surface area (Å²) < 4.78 is 43.4. The molecule has 26 heavy (non-hydrogen) atoms. The number of nitrogens with zero attached hydrogens (tertiary/aromatic N) is 4. The van der Waals surface area contributed by atoms with Crippen LogP contribution in [-0.4, -0.2) is 28.8 Å². The predicted octanol–water partition coefficient (Wildman–Crippen LogP) is 2.19. The molecule has 3 aromatic heterocycles. The summed E-state index contributed by atoms with van der Waals surface area (Å²) in [5.41, 5.74) is 0. The van der Waals surface area contributed by atoms with E-state index in [-0.39, 0.29) is 22.6 Å². The smallest absolute Gasteiger partial charge is 0.283 e. The maximum atomic E-state index is 12.5. The number of aryl methyl sites for hydroxylation is 1. The second-order valence-corrected chi connectivity index (χ2v) is 7.73. The van der Waals surface area contributed by atoms with Gasteiger partial charge in [0.2, 0.25) is 16.9 Å². The molecule has 1 N–H and O–H groups in total. The minimum atomic E-state index is -3.92. The van der Waals surface area contributed by atoms with E-state index >= 15 is 0 Å². The first kappa shape index (κ1) is 16.9. The average Bonchev–Trinajstić information content (AvgIpc) is 3.08. The third kappa shape index (κ3) is 3.27. The van der Waals surface area contributed by atoms with Crippen molar-refractivity contribution in [2.24, 2.45) is 0 Å². The Morgan fingerprint density at radius 3 is 2.77 bits per heavy atom. The molecule has 0 aliphatic heterocycles. The molecule has 0 bridgehead atoms. The molecule has 0 saturated heterocycles. The topological polar surface area (TPSA) is 137 Å². The number of sulfonamides is 1. The molecular weight excluding hydrogens is 362 g/mol. The Hall–Kier alpha value is -2.53. The van der Waals surface area contributed by atoms with Crippen LogP contribution in [0.1, 0.15) is 56.3 Å². The Kier molecular flexibility index (Phi) is 4.11. The maximum absolute atomic E-state index is 12.5. The van der Waals surface area contributed by atoms with E-state index in [0.29, 0.717) is 24.1 Å². The number of aromatic nitrogens is 4. The normalized spacial score (nSPS) is 16.1. The van der Waals surface area contributed by atoms with Gasteiger partial charge < -0.3 is 13.4 Å². The molecule has 0 amide bonds. The van der Waals surface area contributed by atoms with Crippen LogP contribution >= 0.6 is 0 Å². The highest BCUT2D eigenvalue weighted by Crippen LogP contribution is 2.40. The predicted molar refractivity (Wildman–Crippen MR) is 86.4 cm³/mol. The van der Waals surface area contributed by atoms with Crippen LogP contribution < -0.4 is 4.72 Å². The Morgan fingerprint density at radius 2 is 2.08 bits per heavy atom. The summed E-state index contributed by atoms with van der Waals surface area (Å²) in [6.07, 6.45) is 2.64. The molecule has 1 aliphatic carbocycles. The third-order valence-corrected chi connectivity index (χ3v) is 5.34. The molecular formula is C15H17N5O5S. The van der Waals surface area contributed by atoms with Gasteiger partial charge in [-0.25, -0.2) is 8.42 Å². The minimum absolute atomic E-state index is 0.158. The summed E-state index contributed by atoms with van der Waals surface area (Å²) in [6, 6.07) is 2.10. The summed E-state index contributed by atoms with van der Waals surface area (Å²) in [4.78, 5) is 4.12. The lowest BCUT2D eigenvalue weighted by molar-refractivity contribution is 0.348. The molecule has 11 heteroatoms. The maximum Gasteiger partial charge on any atom is 0.283 e. The van der Waals surface area contributed by atoms with Crippen LogP contribution in [0.2, 0.25) is 0 Å². The van der Waals surface area contributed by atoms with Crippen molar-refractivity contribution in [1.82, 2.24) is 25.1 Å². The number of hydrogen-bond acceptors (Lipinski definition) is 9. The van der Waals surface area contributed by atoms with Crippen molar-refractivity contribution >= 4 is 10.0 Å². The van der Waals surface area contributed by atoms with Crippen molar-refractivity contribution in [3.05, 3.63) is 29.7 Å². The molecule has 1 saturated carbocycles. The van der Waals surface area contributed by atoms with E-state index in [1.807, 2.05) is 6.92 Å². The molecule has 4 rings (SSSR count). The fourth-order valence-electron chi connectivity index (χ4n) is 2.34. The molecule has 1 atom stereocenters. The van der Waals surface area contributed by atoms with E-state index in [2.05, 4.69) is 25.1 Å². The van der Waals surface area contributed by atoms with Gasteiger partial charge in [0.05, 0.1) is 6.04 Å². The van der Waals surface area contributed by atoms with E-state index in [4.69, 9.17) is 13.4 Å². The quantitative estimate of drug-likeness (QED) is 0.654. The lowest BCUT2D eigenvalue weighted by Gasteiger charge is -2.08. The Bertz CT molecular complexity index is 1020. The number of furan rings is 1. The standard InChI is InChI=1S/C15H17N5O5S/c1-3-11-16-13(25-19-11)8(2)20-26(21,22)12-7-6-10(23-12)15-18-17-14(24-15)9-4-5-9/h6-9,20H,3-5H2,1-2H3/t8-/m0/s1. The Balaban J connectivity index is 1.51. The summed E-state index contributed by atoms with van der Waals surface area (Å²) in [7, 11) is -3.92. The summed E-state index contributed by atoms with van der Waals surface area (Å²) >= 11 is 0. The summed E-state index contributed by atoms with van der Waals surface area (Å²) in [6.45, 7) is 3.48. The van der Waals surface area contributed by atoms with Crippen LogP contribution in [0.15, 0.2) is 30.6 Å². The van der Waals surface area contributed by atoms with Crippen LogP contribution in [0.5, 0.6) is 0 Å². The van der Waals surface area contributed by atoms with Crippen LogP contribution in [-0.2, 0) is 16.4 Å². The summed E-state index contributed by atoms with van der Waals surface area (Å²) in [5.74, 6) is 1.90. The lowest BCUT2D eigenvalue weighted by atomic mass is 10.4. The highest BCUT2D eigenvalue weighted by molar-refractivity contribution is 7.89. The van der Waals surface area contributed by atoms with Crippen LogP contribution in [0, 0.1) is 0 Å². The van der Waals surface area contributed by atoms with Gasteiger partial charge in [-0.3, -0.25) is 0 Å². The van der Waals surface area contributed by atoms with E-state index in [1.165, 1.54) is 12.1 Å². The highest BCUT2D eigenvalue weighted by Gasteiger charge is 2.31. The molecule has 1 fully saturated rings. The van der Waals surface area contributed by atoms with Gasteiger partial charge in [0.25, 0.3) is 15.9 Å². The van der Waals surface area contributed by atoms with E-state index in [1.54, 1.807) is 6.92 Å². The highest BCUT2D eigenvalue weighted by atomic mass is 32.2. The van der Waals surface area contributed by atoms with Crippen molar-refractivity contribution in [2.75, 3.05) is 0 Å². The molecule has 10 nitrogen and oxygen atoms in total. The first-order valence-corrected chi connectivity index (χ1v) is 9.73. The Morgan fingerprint density at radius 1 is 1.27 bits per heavy atom. The van der Waals surface area contributed by atoms with Gasteiger partial charge in [0.15, 0.2) is 11.6 Å². The zero-order chi connectivity index (χ0) is 18.3. The molecule has 3 aromatic rings. The van der Waals surface area contributed by atoms with E-state index in [9.17, 15) is 8.42 Å². The fraction of sp³-hybridized carbons (Fsp3) is 0.467. The van der Waals surface area contributed by atoms with E-state index < -0.39 is 16.1 Å². The van der Waals surface area contributed by atoms with E-state index in [0.717, 1.165) is 12.8 Å². The Labute approximate surface area is 149 Å². The average molecular weight is 379 g/mol. The summed E-state index contributed by atoms with van der Waals surface area (Å²) in [5, 5.41) is 11.3. The monoisotopic (exact) mass is 379 g/mol. The van der Waals surface area contributed by atoms with Crippen LogP contribution in [0.25, 0.3) is 11.7 Å². The van der Waals surface area contributed by atoms with Crippen molar-refractivity contribution < 1.29 is 21.8 Å². The van der Waals surface area contributed by atoms with Gasteiger partial charge >= 0.3 is 0 Å². The van der Waals surface area contributed by atoms with Gasteiger partial charge in [-0.05, 0) is 31.9 Å². The van der Waals surface area contributed by atoms with Gasteiger partial charge in [-0.2, -0.15) is 9.71 Å². The van der Waals surface area contributed by atoms with Gasteiger partial charge in [-0.15, -0.1) is 10.2 Å². The second-order valence-electron chi connectivity index (χ2n) is 6.08. The molecule has 3 heterocycles. The first-order valence-electron chi connectivity index (χ1n) is 8.24. The molecule has 0 radical (unpaired) electrons. The minimum Gasteiger partial charge on any atom is -0.438 e. The fourth-order valence-corrected chi connectivity index (χ4v) is 3.47. The largest absolute Gasteiger partial charge is 0.438 e. The first-order chi connectivity index (χ1) is 12.5. The molecule has 0 spiro atoms. The second kappa shape index (κ2) is 6.32. The molecule has 0 unspecified atom stereocenters. The zero-order valence-electron chi connectivity index (χ0n) is 14.2. The molecule has 138 valence electrons. The molecule has 0 aromatic carbocycles. The SMILES string of the molecule is CCc1noc([C@H](C)NS(=O)(=O)c2ccc(-c3nnc(C4CC4)o3)o2)n1. The molecule has 1 aliphatic rings. The third-order valence-electron chi connectivity index (χ3n) is 3.93. The zero-order valence-corrected chi connectivity index (χ0v) is 15.0. The van der Waals surface area contributed by atoms with Crippen LogP contribution in [0.4, 0.5) is 0 Å². The van der Waals surface area contributed by atoms with Crippen molar-refractivity contribution in [3.8, 4) is 11.7 Å². The van der Waals surface area contributed by atoms with Crippen molar-refractivity contribution in [2.45, 2.75) is 50.2 Å². The number of hydrogen-bond donors (Lipinski definition) is 1. The lowest BCUT2D eigenvalue weighted by Crippen LogP contribution is -2.26. The van der Waals surface area contributed by atoms with Gasteiger partial charge in [-0.1, -0.05) is 12.1 Å². The van der Waals surface area contributed by atoms with Crippen molar-refractivity contribution in [3.63, 3.8) is 0 Å². The van der Waals surface area contributed by atoms with Gasteiger partial charge in [0, 0.05) is 12.3 Å². The van der Waals surface area contributed by atoms with Gasteiger partial charge in [0.1, 0.15) is 0 Å².